The Labute approximate surface area is 161 Å². The van der Waals surface area contributed by atoms with Gasteiger partial charge < -0.3 is 11.1 Å². The summed E-state index contributed by atoms with van der Waals surface area (Å²) in [4.78, 5) is 23.0. The Morgan fingerprint density at radius 2 is 2.00 bits per heavy atom. The van der Waals surface area contributed by atoms with Gasteiger partial charge in [0.25, 0.3) is 0 Å². The van der Waals surface area contributed by atoms with Crippen molar-refractivity contribution < 1.29 is 4.79 Å². The average Bonchev–Trinajstić information content (AvgIpc) is 2.82. The molecule has 0 atom stereocenters. The van der Waals surface area contributed by atoms with E-state index in [2.05, 4.69) is 37.9 Å². The monoisotopic (exact) mass is 470 g/mol. The fourth-order valence-corrected chi connectivity index (χ4v) is 4.29. The highest BCUT2D eigenvalue weighted by atomic mass is 127. The largest absolute Gasteiger partial charge is 0.383 e. The molecular formula is C16H15IN4OS2. The van der Waals surface area contributed by atoms with E-state index in [1.54, 1.807) is 11.3 Å². The number of nitrogens with one attached hydrogen (secondary N) is 1. The summed E-state index contributed by atoms with van der Waals surface area (Å²) in [6.45, 7) is 4.07. The fourth-order valence-electron chi connectivity index (χ4n) is 2.19. The zero-order chi connectivity index (χ0) is 17.3. The number of hydrogen-bond donors (Lipinski definition) is 2. The smallest absolute Gasteiger partial charge is 0.234 e. The summed E-state index contributed by atoms with van der Waals surface area (Å²) in [7, 11) is 0. The van der Waals surface area contributed by atoms with Gasteiger partial charge in [-0.3, -0.25) is 4.79 Å². The number of nitrogen functional groups attached to an aromatic ring is 1. The number of carbonyl (C=O) groups excluding carboxylic acids is 1. The number of rotatable bonds is 4. The van der Waals surface area contributed by atoms with Crippen molar-refractivity contribution in [3.63, 3.8) is 0 Å². The third-order valence-corrected chi connectivity index (χ3v) is 6.16. The van der Waals surface area contributed by atoms with Gasteiger partial charge in [0.05, 0.1) is 11.1 Å². The number of benzene rings is 1. The molecule has 3 N–H and O–H groups in total. The topological polar surface area (TPSA) is 80.9 Å². The Bertz CT molecular complexity index is 909. The van der Waals surface area contributed by atoms with Crippen molar-refractivity contribution in [2.45, 2.75) is 19.0 Å². The first-order valence-electron chi connectivity index (χ1n) is 7.15. The molecule has 124 valence electrons. The van der Waals surface area contributed by atoms with Gasteiger partial charge in [-0.2, -0.15) is 0 Å². The third-order valence-electron chi connectivity index (χ3n) is 3.50. The zero-order valence-corrected chi connectivity index (χ0v) is 16.9. The van der Waals surface area contributed by atoms with E-state index in [1.165, 1.54) is 16.6 Å². The molecule has 5 nitrogen and oxygen atoms in total. The first-order valence-corrected chi connectivity index (χ1v) is 10.0. The predicted octanol–water partition coefficient (Wildman–Crippen LogP) is 4.23. The third kappa shape index (κ3) is 3.81. The van der Waals surface area contributed by atoms with Crippen LogP contribution in [0.3, 0.4) is 0 Å². The number of aryl methyl sites for hydroxylation is 2. The lowest BCUT2D eigenvalue weighted by molar-refractivity contribution is -0.113. The van der Waals surface area contributed by atoms with Crippen LogP contribution in [0.2, 0.25) is 0 Å². The molecule has 1 amide bonds. The van der Waals surface area contributed by atoms with Crippen LogP contribution in [0, 0.1) is 17.4 Å². The van der Waals surface area contributed by atoms with Crippen molar-refractivity contribution in [1.82, 2.24) is 9.97 Å². The minimum Gasteiger partial charge on any atom is -0.383 e. The lowest BCUT2D eigenvalue weighted by Gasteiger charge is -2.05. The Hall–Kier alpha value is -1.39. The molecule has 0 saturated heterocycles. The number of nitrogens with two attached hydrogens (primary N) is 1. The van der Waals surface area contributed by atoms with Gasteiger partial charge in [-0.25, -0.2) is 9.97 Å². The SMILES string of the molecule is Cc1sc2nc(SCC(=O)Nc3ccc(I)cc3)nc(N)c2c1C. The van der Waals surface area contributed by atoms with E-state index in [9.17, 15) is 4.79 Å². The number of nitrogens with zero attached hydrogens (tertiary/aromatic N) is 2. The molecule has 2 aromatic heterocycles. The van der Waals surface area contributed by atoms with Gasteiger partial charge in [0.15, 0.2) is 5.16 Å². The Morgan fingerprint density at radius 3 is 2.71 bits per heavy atom. The number of anilines is 2. The summed E-state index contributed by atoms with van der Waals surface area (Å²) in [6, 6.07) is 7.65. The van der Waals surface area contributed by atoms with Crippen molar-refractivity contribution in [3.8, 4) is 0 Å². The van der Waals surface area contributed by atoms with Crippen molar-refractivity contribution in [2.24, 2.45) is 0 Å². The van der Waals surface area contributed by atoms with E-state index in [0.29, 0.717) is 11.0 Å². The summed E-state index contributed by atoms with van der Waals surface area (Å²) < 4.78 is 1.12. The fraction of sp³-hybridized carbons (Fsp3) is 0.188. The summed E-state index contributed by atoms with van der Waals surface area (Å²) in [5.74, 6) is 0.615. The molecule has 0 saturated carbocycles. The molecule has 8 heteroatoms. The van der Waals surface area contributed by atoms with Crippen molar-refractivity contribution in [2.75, 3.05) is 16.8 Å². The number of aromatic nitrogens is 2. The molecule has 1 aromatic carbocycles. The highest BCUT2D eigenvalue weighted by Gasteiger charge is 2.14. The number of halogens is 1. The van der Waals surface area contributed by atoms with Gasteiger partial charge in [-0.15, -0.1) is 11.3 Å². The Kier molecular flexibility index (Phi) is 5.26. The number of fused-ring (bicyclic) bond motifs is 1. The lowest BCUT2D eigenvalue weighted by atomic mass is 10.2. The minimum atomic E-state index is -0.0954. The van der Waals surface area contributed by atoms with Crippen molar-refractivity contribution in [3.05, 3.63) is 38.3 Å². The van der Waals surface area contributed by atoms with E-state index in [4.69, 9.17) is 5.73 Å². The quantitative estimate of drug-likeness (QED) is 0.339. The number of hydrogen-bond acceptors (Lipinski definition) is 6. The zero-order valence-electron chi connectivity index (χ0n) is 13.1. The molecular weight excluding hydrogens is 455 g/mol. The number of amides is 1. The van der Waals surface area contributed by atoms with Crippen molar-refractivity contribution in [1.29, 1.82) is 0 Å². The molecule has 0 aliphatic rings. The molecule has 0 radical (unpaired) electrons. The maximum atomic E-state index is 12.1. The normalized spacial score (nSPS) is 11.0. The molecule has 3 rings (SSSR count). The Morgan fingerprint density at radius 1 is 1.29 bits per heavy atom. The van der Waals surface area contributed by atoms with Crippen LogP contribution in [-0.2, 0) is 4.79 Å². The molecule has 2 heterocycles. The molecule has 0 unspecified atom stereocenters. The lowest BCUT2D eigenvalue weighted by Crippen LogP contribution is -2.14. The highest BCUT2D eigenvalue weighted by Crippen LogP contribution is 2.33. The van der Waals surface area contributed by atoms with Gasteiger partial charge >= 0.3 is 0 Å². The van der Waals surface area contributed by atoms with Gasteiger partial charge in [-0.05, 0) is 66.3 Å². The van der Waals surface area contributed by atoms with Crippen LogP contribution >= 0.6 is 45.7 Å². The molecule has 3 aromatic rings. The summed E-state index contributed by atoms with van der Waals surface area (Å²) in [5, 5.41) is 4.31. The predicted molar refractivity (Wildman–Crippen MR) is 110 cm³/mol. The second-order valence-corrected chi connectivity index (χ2v) is 8.59. The van der Waals surface area contributed by atoms with Crippen LogP contribution < -0.4 is 11.1 Å². The second kappa shape index (κ2) is 7.24. The molecule has 0 spiro atoms. The van der Waals surface area contributed by atoms with E-state index in [-0.39, 0.29) is 11.7 Å². The Balaban J connectivity index is 1.69. The van der Waals surface area contributed by atoms with Gasteiger partial charge in [-0.1, -0.05) is 11.8 Å². The van der Waals surface area contributed by atoms with Crippen LogP contribution in [0.1, 0.15) is 10.4 Å². The van der Waals surface area contributed by atoms with Gasteiger partial charge in [0.1, 0.15) is 10.6 Å². The summed E-state index contributed by atoms with van der Waals surface area (Å²) in [5.41, 5.74) is 7.96. The van der Waals surface area contributed by atoms with Crippen LogP contribution in [0.15, 0.2) is 29.4 Å². The van der Waals surface area contributed by atoms with Crippen molar-refractivity contribution >= 4 is 73.3 Å². The van der Waals surface area contributed by atoms with Crippen LogP contribution in [0.5, 0.6) is 0 Å². The first kappa shape index (κ1) is 17.4. The standard InChI is InChI=1S/C16H15IN4OS2/c1-8-9(2)24-15-13(8)14(18)20-16(21-15)23-7-12(22)19-11-5-3-10(17)4-6-11/h3-6H,7H2,1-2H3,(H,19,22)(H2,18,20,21). The molecule has 0 fully saturated rings. The van der Waals surface area contributed by atoms with E-state index < -0.39 is 0 Å². The molecule has 0 bridgehead atoms. The average molecular weight is 470 g/mol. The molecule has 0 aliphatic heterocycles. The molecule has 0 aliphatic carbocycles. The highest BCUT2D eigenvalue weighted by molar-refractivity contribution is 14.1. The first-order chi connectivity index (χ1) is 11.4. The maximum absolute atomic E-state index is 12.1. The van der Waals surface area contributed by atoms with E-state index >= 15 is 0 Å². The minimum absolute atomic E-state index is 0.0954. The summed E-state index contributed by atoms with van der Waals surface area (Å²) in [6.07, 6.45) is 0. The number of thioether (sulfide) groups is 1. The molecule has 24 heavy (non-hydrogen) atoms. The van der Waals surface area contributed by atoms with E-state index in [1.807, 2.05) is 38.1 Å². The maximum Gasteiger partial charge on any atom is 0.234 e. The number of carbonyl (C=O) groups is 1. The van der Waals surface area contributed by atoms with Gasteiger partial charge in [0.2, 0.25) is 5.91 Å². The van der Waals surface area contributed by atoms with Crippen LogP contribution in [0.4, 0.5) is 11.5 Å². The second-order valence-electron chi connectivity index (χ2n) is 5.20. The van der Waals surface area contributed by atoms with Crippen LogP contribution in [0.25, 0.3) is 10.2 Å². The van der Waals surface area contributed by atoms with Gasteiger partial charge in [0, 0.05) is 14.1 Å². The van der Waals surface area contributed by atoms with Crippen LogP contribution in [-0.4, -0.2) is 21.6 Å². The van der Waals surface area contributed by atoms with E-state index in [0.717, 1.165) is 25.0 Å². The number of thiophene rings is 1. The summed E-state index contributed by atoms with van der Waals surface area (Å²) >= 11 is 5.11.